The summed E-state index contributed by atoms with van der Waals surface area (Å²) in [5.74, 6) is -0.376. The van der Waals surface area contributed by atoms with Crippen LogP contribution >= 0.6 is 0 Å². The fraction of sp³-hybridized carbons (Fsp3) is 0.500. The molecule has 1 saturated heterocycles. The van der Waals surface area contributed by atoms with Crippen LogP contribution in [0.4, 0.5) is 11.4 Å². The molecule has 1 aromatic rings. The van der Waals surface area contributed by atoms with Crippen molar-refractivity contribution in [1.29, 1.82) is 0 Å². The van der Waals surface area contributed by atoms with Gasteiger partial charge in [0, 0.05) is 6.54 Å². The van der Waals surface area contributed by atoms with Gasteiger partial charge in [-0.25, -0.2) is 4.79 Å². The van der Waals surface area contributed by atoms with Crippen molar-refractivity contribution in [2.24, 2.45) is 0 Å². The first kappa shape index (κ1) is 13.7. The number of carbonyl (C=O) groups excluding carboxylic acids is 1. The third-order valence-corrected chi connectivity index (χ3v) is 3.60. The van der Waals surface area contributed by atoms with Crippen molar-refractivity contribution in [3.05, 3.63) is 23.8 Å². The van der Waals surface area contributed by atoms with Gasteiger partial charge < -0.3 is 20.5 Å². The molecule has 1 aromatic carbocycles. The molecule has 0 amide bonds. The predicted octanol–water partition coefficient (Wildman–Crippen LogP) is 1.41. The Hall–Kier alpha value is -1.75. The molecule has 104 valence electrons. The summed E-state index contributed by atoms with van der Waals surface area (Å²) in [5, 5.41) is 9.46. The number of hydrogen-bond donors (Lipinski definition) is 2. The number of nitrogens with zero attached hydrogens (tertiary/aromatic N) is 1. The highest BCUT2D eigenvalue weighted by Gasteiger charge is 2.24. The van der Waals surface area contributed by atoms with E-state index in [0.717, 1.165) is 31.5 Å². The largest absolute Gasteiger partial charge is 0.465 e. The van der Waals surface area contributed by atoms with Crippen LogP contribution in [0.2, 0.25) is 0 Å². The normalized spacial score (nSPS) is 19.3. The number of piperidine rings is 1. The highest BCUT2D eigenvalue weighted by Crippen LogP contribution is 2.30. The lowest BCUT2D eigenvalue weighted by Gasteiger charge is -2.37. The average molecular weight is 264 g/mol. The second-order valence-corrected chi connectivity index (χ2v) is 4.79. The van der Waals surface area contributed by atoms with Crippen molar-refractivity contribution < 1.29 is 14.6 Å². The maximum absolute atomic E-state index is 11.6. The molecule has 1 aliphatic heterocycles. The fourth-order valence-corrected chi connectivity index (χ4v) is 2.54. The van der Waals surface area contributed by atoms with Crippen molar-refractivity contribution in [2.75, 3.05) is 30.9 Å². The van der Waals surface area contributed by atoms with Crippen LogP contribution in [0.25, 0.3) is 0 Å². The topological polar surface area (TPSA) is 75.8 Å². The van der Waals surface area contributed by atoms with Crippen LogP contribution in [-0.2, 0) is 4.74 Å². The molecule has 0 aromatic heterocycles. The van der Waals surface area contributed by atoms with E-state index in [1.54, 1.807) is 18.2 Å². The zero-order valence-corrected chi connectivity index (χ0v) is 11.1. The Kier molecular flexibility index (Phi) is 4.27. The second kappa shape index (κ2) is 5.93. The fourth-order valence-electron chi connectivity index (χ4n) is 2.54. The lowest BCUT2D eigenvalue weighted by atomic mass is 10.0. The molecule has 5 heteroatoms. The Morgan fingerprint density at radius 2 is 2.32 bits per heavy atom. The average Bonchev–Trinajstić information content (AvgIpc) is 2.47. The number of aliphatic hydroxyl groups excluding tert-OH is 1. The second-order valence-electron chi connectivity index (χ2n) is 4.79. The lowest BCUT2D eigenvalue weighted by molar-refractivity contribution is 0.0601. The summed E-state index contributed by atoms with van der Waals surface area (Å²) in [7, 11) is 1.36. The molecule has 19 heavy (non-hydrogen) atoms. The van der Waals surface area contributed by atoms with Crippen LogP contribution in [-0.4, -0.2) is 37.4 Å². The number of nitrogens with two attached hydrogens (primary N) is 1. The van der Waals surface area contributed by atoms with E-state index in [9.17, 15) is 9.90 Å². The molecular formula is C14H20N2O3. The van der Waals surface area contributed by atoms with Crippen molar-refractivity contribution in [1.82, 2.24) is 0 Å². The van der Waals surface area contributed by atoms with E-state index < -0.39 is 0 Å². The Labute approximate surface area is 113 Å². The predicted molar refractivity (Wildman–Crippen MR) is 74.3 cm³/mol. The van der Waals surface area contributed by atoms with Gasteiger partial charge in [-0.1, -0.05) is 0 Å². The number of benzene rings is 1. The van der Waals surface area contributed by atoms with E-state index in [2.05, 4.69) is 4.90 Å². The number of nitrogen functional groups attached to an aromatic ring is 1. The first-order chi connectivity index (χ1) is 9.17. The summed E-state index contributed by atoms with van der Waals surface area (Å²) < 4.78 is 4.72. The van der Waals surface area contributed by atoms with Gasteiger partial charge in [-0.3, -0.25) is 0 Å². The number of rotatable bonds is 3. The quantitative estimate of drug-likeness (QED) is 0.637. The number of methoxy groups -OCH3 is 1. The summed E-state index contributed by atoms with van der Waals surface area (Å²) >= 11 is 0. The highest BCUT2D eigenvalue weighted by atomic mass is 16.5. The smallest absolute Gasteiger partial charge is 0.337 e. The van der Waals surface area contributed by atoms with Crippen LogP contribution in [0.3, 0.4) is 0 Å². The van der Waals surface area contributed by atoms with E-state index in [-0.39, 0.29) is 18.6 Å². The standard InChI is InChI=1S/C14H20N2O3/c1-19-14(18)10-5-6-12(15)13(8-10)16-7-3-2-4-11(16)9-17/h5-6,8,11,17H,2-4,7,9,15H2,1H3. The van der Waals surface area contributed by atoms with Gasteiger partial charge in [0.1, 0.15) is 0 Å². The molecular weight excluding hydrogens is 244 g/mol. The molecule has 0 spiro atoms. The highest BCUT2D eigenvalue weighted by molar-refractivity contribution is 5.92. The maximum atomic E-state index is 11.6. The zero-order chi connectivity index (χ0) is 13.8. The lowest BCUT2D eigenvalue weighted by Crippen LogP contribution is -2.42. The molecule has 0 aliphatic carbocycles. The Morgan fingerprint density at radius 3 is 3.00 bits per heavy atom. The minimum Gasteiger partial charge on any atom is -0.465 e. The Morgan fingerprint density at radius 1 is 1.53 bits per heavy atom. The van der Waals surface area contributed by atoms with Gasteiger partial charge in [0.15, 0.2) is 0 Å². The number of hydrogen-bond acceptors (Lipinski definition) is 5. The van der Waals surface area contributed by atoms with Crippen LogP contribution < -0.4 is 10.6 Å². The van der Waals surface area contributed by atoms with Crippen LogP contribution in [0, 0.1) is 0 Å². The molecule has 5 nitrogen and oxygen atoms in total. The molecule has 0 bridgehead atoms. The van der Waals surface area contributed by atoms with E-state index in [1.165, 1.54) is 7.11 Å². The monoisotopic (exact) mass is 264 g/mol. The van der Waals surface area contributed by atoms with Gasteiger partial charge >= 0.3 is 5.97 Å². The maximum Gasteiger partial charge on any atom is 0.337 e. The van der Waals surface area contributed by atoms with Crippen molar-refractivity contribution >= 4 is 17.3 Å². The number of esters is 1. The number of aliphatic hydroxyl groups is 1. The van der Waals surface area contributed by atoms with Gasteiger partial charge in [-0.05, 0) is 37.5 Å². The summed E-state index contributed by atoms with van der Waals surface area (Å²) in [4.78, 5) is 13.7. The SMILES string of the molecule is COC(=O)c1ccc(N)c(N2CCCCC2CO)c1. The number of ether oxygens (including phenoxy) is 1. The Balaban J connectivity index is 2.34. The molecule has 3 N–H and O–H groups in total. The summed E-state index contributed by atoms with van der Waals surface area (Å²) in [6, 6.07) is 5.19. The van der Waals surface area contributed by atoms with Crippen molar-refractivity contribution in [3.63, 3.8) is 0 Å². The molecule has 1 aliphatic rings. The first-order valence-electron chi connectivity index (χ1n) is 6.52. The van der Waals surface area contributed by atoms with E-state index in [4.69, 9.17) is 10.5 Å². The number of anilines is 2. The van der Waals surface area contributed by atoms with Gasteiger partial charge in [-0.2, -0.15) is 0 Å². The molecule has 1 heterocycles. The molecule has 0 saturated carbocycles. The number of carbonyl (C=O) groups is 1. The summed E-state index contributed by atoms with van der Waals surface area (Å²) in [5.41, 5.74) is 7.91. The molecule has 1 fully saturated rings. The summed E-state index contributed by atoms with van der Waals surface area (Å²) in [6.45, 7) is 0.946. The summed E-state index contributed by atoms with van der Waals surface area (Å²) in [6.07, 6.45) is 3.12. The van der Waals surface area contributed by atoms with Crippen molar-refractivity contribution in [3.8, 4) is 0 Å². The van der Waals surface area contributed by atoms with Gasteiger partial charge in [-0.15, -0.1) is 0 Å². The van der Waals surface area contributed by atoms with E-state index in [1.807, 2.05) is 0 Å². The zero-order valence-electron chi connectivity index (χ0n) is 11.1. The van der Waals surface area contributed by atoms with E-state index in [0.29, 0.717) is 11.3 Å². The molecule has 2 rings (SSSR count). The third-order valence-electron chi connectivity index (χ3n) is 3.60. The van der Waals surface area contributed by atoms with Gasteiger partial charge in [0.25, 0.3) is 0 Å². The Bertz CT molecular complexity index is 462. The molecule has 0 radical (unpaired) electrons. The van der Waals surface area contributed by atoms with E-state index >= 15 is 0 Å². The van der Waals surface area contributed by atoms with Crippen LogP contribution in [0.5, 0.6) is 0 Å². The van der Waals surface area contributed by atoms with Gasteiger partial charge in [0.2, 0.25) is 0 Å². The minimum absolute atomic E-state index is 0.0731. The van der Waals surface area contributed by atoms with Crippen LogP contribution in [0.15, 0.2) is 18.2 Å². The first-order valence-corrected chi connectivity index (χ1v) is 6.52. The van der Waals surface area contributed by atoms with Gasteiger partial charge in [0.05, 0.1) is 36.7 Å². The molecule has 1 atom stereocenters. The van der Waals surface area contributed by atoms with Crippen LogP contribution in [0.1, 0.15) is 29.6 Å². The van der Waals surface area contributed by atoms with Crippen molar-refractivity contribution in [2.45, 2.75) is 25.3 Å². The molecule has 1 unspecified atom stereocenters. The third kappa shape index (κ3) is 2.81. The minimum atomic E-state index is -0.376.